The second-order valence-electron chi connectivity index (χ2n) is 10.1. The van der Waals surface area contributed by atoms with Crippen LogP contribution in [0.3, 0.4) is 0 Å². The van der Waals surface area contributed by atoms with Crippen LogP contribution in [0.2, 0.25) is 0 Å². The Morgan fingerprint density at radius 1 is 1.14 bits per heavy atom. The first-order valence-electron chi connectivity index (χ1n) is 12.6. The lowest BCUT2D eigenvalue weighted by molar-refractivity contribution is -0.137. The summed E-state index contributed by atoms with van der Waals surface area (Å²) in [5.74, 6) is -2.63. The van der Waals surface area contributed by atoms with Gasteiger partial charge in [-0.25, -0.2) is 0 Å². The average molecular weight is 588 g/mol. The number of amidine groups is 3. The summed E-state index contributed by atoms with van der Waals surface area (Å²) in [6, 6.07) is 5.28. The van der Waals surface area contributed by atoms with Gasteiger partial charge in [-0.15, -0.1) is 0 Å². The first-order valence-corrected chi connectivity index (χ1v) is 12.6. The van der Waals surface area contributed by atoms with E-state index in [1.807, 2.05) is 13.8 Å². The third-order valence-electron chi connectivity index (χ3n) is 5.99. The van der Waals surface area contributed by atoms with Gasteiger partial charge in [0, 0.05) is 25.2 Å². The highest BCUT2D eigenvalue weighted by molar-refractivity contribution is 6.14. The van der Waals surface area contributed by atoms with Crippen molar-refractivity contribution >= 4 is 29.5 Å². The van der Waals surface area contributed by atoms with Crippen LogP contribution in [0.1, 0.15) is 41.8 Å². The van der Waals surface area contributed by atoms with E-state index in [0.29, 0.717) is 18.6 Å². The highest BCUT2D eigenvalue weighted by Gasteiger charge is 2.36. The van der Waals surface area contributed by atoms with Crippen molar-refractivity contribution in [1.82, 2.24) is 15.5 Å². The molecule has 222 valence electrons. The molecule has 4 rings (SSSR count). The Bertz CT molecular complexity index is 1550. The van der Waals surface area contributed by atoms with E-state index in [1.54, 1.807) is 0 Å². The van der Waals surface area contributed by atoms with Crippen LogP contribution in [0, 0.1) is 11.3 Å². The molecule has 0 saturated heterocycles. The predicted molar refractivity (Wildman–Crippen MR) is 146 cm³/mol. The summed E-state index contributed by atoms with van der Waals surface area (Å²) >= 11 is 0. The number of hydrogen-bond donors (Lipinski definition) is 5. The van der Waals surface area contributed by atoms with Gasteiger partial charge in [-0.3, -0.25) is 25.3 Å². The molecule has 0 bridgehead atoms. The van der Waals surface area contributed by atoms with Crippen molar-refractivity contribution in [3.8, 4) is 17.2 Å². The average Bonchev–Trinajstić information content (AvgIpc) is 2.89. The van der Waals surface area contributed by atoms with Gasteiger partial charge >= 0.3 is 12.2 Å². The SMILES string of the molecule is CC(C)CC1N=C2NC(Oc3cc(C(=N)N)ccc3O)=NC(Oc3cc(C(=O)N(C)C)cc(C(F)(F)F)c3)=C2NC1=O. The molecule has 6 N–H and O–H groups in total. The summed E-state index contributed by atoms with van der Waals surface area (Å²) in [6.07, 6.45) is -4.42. The van der Waals surface area contributed by atoms with Gasteiger partial charge in [-0.05, 0) is 48.7 Å². The molecule has 15 heteroatoms. The molecule has 2 amide bonds. The molecule has 0 spiro atoms. The molecule has 1 atom stereocenters. The minimum Gasteiger partial charge on any atom is -0.504 e. The van der Waals surface area contributed by atoms with Crippen molar-refractivity contribution in [1.29, 1.82) is 5.41 Å². The third kappa shape index (κ3) is 6.62. The number of ether oxygens (including phenoxy) is 2. The summed E-state index contributed by atoms with van der Waals surface area (Å²) in [4.78, 5) is 35.1. The van der Waals surface area contributed by atoms with Crippen molar-refractivity contribution < 1.29 is 37.3 Å². The Hall–Kier alpha value is -5.08. The van der Waals surface area contributed by atoms with E-state index in [4.69, 9.17) is 20.6 Å². The number of aromatic hydroxyl groups is 1. The monoisotopic (exact) mass is 587 g/mol. The molecule has 1 unspecified atom stereocenters. The molecule has 2 aliphatic rings. The molecule has 0 saturated carbocycles. The zero-order chi connectivity index (χ0) is 30.9. The normalized spacial score (nSPS) is 16.6. The maximum Gasteiger partial charge on any atom is 0.416 e. The maximum atomic E-state index is 13.7. The maximum absolute atomic E-state index is 13.7. The number of phenols is 1. The first-order chi connectivity index (χ1) is 19.6. The first kappa shape index (κ1) is 29.9. The largest absolute Gasteiger partial charge is 0.504 e. The van der Waals surface area contributed by atoms with Gasteiger partial charge in [0.2, 0.25) is 5.91 Å². The summed E-state index contributed by atoms with van der Waals surface area (Å²) in [5.41, 5.74) is 4.24. The van der Waals surface area contributed by atoms with Gasteiger partial charge in [-0.1, -0.05) is 13.8 Å². The number of alkyl halides is 3. The number of nitrogen functional groups attached to an aromatic ring is 1. The second kappa shape index (κ2) is 11.4. The van der Waals surface area contributed by atoms with Crippen LogP contribution in [0.4, 0.5) is 13.2 Å². The van der Waals surface area contributed by atoms with Gasteiger partial charge in [0.25, 0.3) is 11.8 Å². The number of benzene rings is 2. The van der Waals surface area contributed by atoms with Crippen molar-refractivity contribution in [2.45, 2.75) is 32.5 Å². The van der Waals surface area contributed by atoms with Crippen molar-refractivity contribution in [3.63, 3.8) is 0 Å². The second-order valence-corrected chi connectivity index (χ2v) is 10.1. The van der Waals surface area contributed by atoms with Gasteiger partial charge in [0.1, 0.15) is 23.3 Å². The van der Waals surface area contributed by atoms with E-state index in [9.17, 15) is 27.9 Å². The number of halogens is 3. The van der Waals surface area contributed by atoms with E-state index < -0.39 is 41.2 Å². The lowest BCUT2D eigenvalue weighted by Gasteiger charge is -2.28. The summed E-state index contributed by atoms with van der Waals surface area (Å²) in [7, 11) is 2.78. The lowest BCUT2D eigenvalue weighted by Crippen LogP contribution is -2.51. The number of carbonyl (C=O) groups excluding carboxylic acids is 2. The molecule has 2 aromatic carbocycles. The fourth-order valence-corrected chi connectivity index (χ4v) is 3.98. The van der Waals surface area contributed by atoms with Crippen molar-refractivity contribution in [3.05, 3.63) is 64.7 Å². The Balaban J connectivity index is 1.81. The summed E-state index contributed by atoms with van der Waals surface area (Å²) in [6.45, 7) is 3.81. The minimum atomic E-state index is -4.81. The van der Waals surface area contributed by atoms with Crippen LogP contribution >= 0.6 is 0 Å². The quantitative estimate of drug-likeness (QED) is 0.244. The molecule has 0 radical (unpaired) electrons. The zero-order valence-corrected chi connectivity index (χ0v) is 23.0. The molecule has 12 nitrogen and oxygen atoms in total. The van der Waals surface area contributed by atoms with Crippen LogP contribution in [0.15, 0.2) is 58.0 Å². The predicted octanol–water partition coefficient (Wildman–Crippen LogP) is 2.93. The Kier molecular flexibility index (Phi) is 8.13. The molecule has 0 aliphatic carbocycles. The van der Waals surface area contributed by atoms with Crippen molar-refractivity contribution in [2.75, 3.05) is 14.1 Å². The number of phenolic OH excluding ortho intramolecular Hbond substituents is 1. The molecule has 2 aliphatic heterocycles. The molecule has 0 fully saturated rings. The van der Waals surface area contributed by atoms with E-state index in [-0.39, 0.29) is 51.9 Å². The standard InChI is InChI=1S/C27H28F3N7O5/c1-12(2)7-17-23(39)34-20-22(33-17)35-26(42-19-10-13(21(31)32)5-6-18(19)38)36-24(20)41-16-9-14(25(40)37(3)4)8-15(11-16)27(28,29)30/h5-6,8-12,17,38H,7H2,1-4H3,(H3,31,32)(H,34,39)(H,33,35,36). The number of nitrogens with zero attached hydrogens (tertiary/aromatic N) is 3. The summed E-state index contributed by atoms with van der Waals surface area (Å²) < 4.78 is 52.6. The fraction of sp³-hybridized carbons (Fsp3) is 0.296. The van der Waals surface area contributed by atoms with Crippen molar-refractivity contribution in [2.24, 2.45) is 21.6 Å². The number of nitrogens with one attached hydrogen (secondary N) is 3. The van der Waals surface area contributed by atoms with E-state index in [1.165, 1.54) is 32.3 Å². The van der Waals surface area contributed by atoms with Crippen LogP contribution in [-0.4, -0.2) is 59.7 Å². The topological polar surface area (TPSA) is 175 Å². The van der Waals surface area contributed by atoms with Gasteiger partial charge in [0.05, 0.1) is 5.56 Å². The minimum absolute atomic E-state index is 0.0408. The van der Waals surface area contributed by atoms with Crippen LogP contribution in [-0.2, 0) is 11.0 Å². The molecule has 0 aromatic heterocycles. The van der Waals surface area contributed by atoms with Crippen LogP contribution in [0.5, 0.6) is 17.2 Å². The molecule has 2 aromatic rings. The zero-order valence-electron chi connectivity index (χ0n) is 23.0. The van der Waals surface area contributed by atoms with E-state index in [0.717, 1.165) is 11.0 Å². The number of nitrogens with two attached hydrogens (primary N) is 1. The fourth-order valence-electron chi connectivity index (χ4n) is 3.98. The number of aliphatic imine (C=N–C) groups is 2. The lowest BCUT2D eigenvalue weighted by atomic mass is 10.0. The number of rotatable bonds is 7. The van der Waals surface area contributed by atoms with Gasteiger partial charge in [-0.2, -0.15) is 18.2 Å². The van der Waals surface area contributed by atoms with Gasteiger partial charge in [0.15, 0.2) is 17.3 Å². The van der Waals surface area contributed by atoms with E-state index >= 15 is 0 Å². The molecular weight excluding hydrogens is 559 g/mol. The Morgan fingerprint density at radius 3 is 2.48 bits per heavy atom. The number of amides is 2. The van der Waals surface area contributed by atoms with Crippen LogP contribution in [0.25, 0.3) is 0 Å². The molecular formula is C27H28F3N7O5. The Morgan fingerprint density at radius 2 is 1.86 bits per heavy atom. The molecule has 2 heterocycles. The van der Waals surface area contributed by atoms with Crippen LogP contribution < -0.4 is 25.8 Å². The van der Waals surface area contributed by atoms with E-state index in [2.05, 4.69) is 20.6 Å². The Labute approximate surface area is 238 Å². The van der Waals surface area contributed by atoms with Gasteiger partial charge < -0.3 is 30.5 Å². The number of hydrogen-bond acceptors (Lipinski definition) is 9. The summed E-state index contributed by atoms with van der Waals surface area (Å²) in [5, 5.41) is 23.4. The third-order valence-corrected chi connectivity index (χ3v) is 5.99. The smallest absolute Gasteiger partial charge is 0.416 e. The molecule has 42 heavy (non-hydrogen) atoms. The number of fused-ring (bicyclic) bond motifs is 1. The highest BCUT2D eigenvalue weighted by Crippen LogP contribution is 2.34. The highest BCUT2D eigenvalue weighted by atomic mass is 19.4. The number of carbonyl (C=O) groups is 2.